The Balaban J connectivity index is 1.74. The highest BCUT2D eigenvalue weighted by Crippen LogP contribution is 2.38. The van der Waals surface area contributed by atoms with E-state index in [1.807, 2.05) is 0 Å². The summed E-state index contributed by atoms with van der Waals surface area (Å²) in [6, 6.07) is 8.70. The van der Waals surface area contributed by atoms with Crippen molar-refractivity contribution in [1.29, 1.82) is 0 Å². The maximum absolute atomic E-state index is 12.4. The van der Waals surface area contributed by atoms with Crippen molar-refractivity contribution in [1.82, 2.24) is 0 Å². The van der Waals surface area contributed by atoms with Gasteiger partial charge in [-0.2, -0.15) is 0 Å². The summed E-state index contributed by atoms with van der Waals surface area (Å²) in [6.45, 7) is 1.12. The molecule has 2 aromatic rings. The summed E-state index contributed by atoms with van der Waals surface area (Å²) in [5.41, 5.74) is 1.33. The zero-order chi connectivity index (χ0) is 18.5. The number of halogens is 1. The molecule has 26 heavy (non-hydrogen) atoms. The highest BCUT2D eigenvalue weighted by Gasteiger charge is 2.17. The number of fused-ring (bicyclic) bond motifs is 1. The van der Waals surface area contributed by atoms with Crippen LogP contribution < -0.4 is 24.3 Å². The standard InChI is InChI=1S/C19H20ClNO5/c1-23-14-9-13(10-15(11-14)24-2)21-18(22)8-12-6-16(20)19-17(7-12)25-4-3-5-26-19/h6-7,9-11H,3-5,8H2,1-2H3,(H,21,22). The van der Waals surface area contributed by atoms with E-state index < -0.39 is 0 Å². The van der Waals surface area contributed by atoms with Crippen LogP contribution >= 0.6 is 11.6 Å². The highest BCUT2D eigenvalue weighted by molar-refractivity contribution is 6.32. The highest BCUT2D eigenvalue weighted by atomic mass is 35.5. The summed E-state index contributed by atoms with van der Waals surface area (Å²) >= 11 is 6.27. The molecule has 0 aliphatic carbocycles. The molecule has 7 heteroatoms. The van der Waals surface area contributed by atoms with Gasteiger partial charge in [-0.1, -0.05) is 11.6 Å². The molecule has 0 fully saturated rings. The van der Waals surface area contributed by atoms with E-state index >= 15 is 0 Å². The summed E-state index contributed by atoms with van der Waals surface area (Å²) < 4.78 is 21.7. The summed E-state index contributed by atoms with van der Waals surface area (Å²) in [5, 5.41) is 3.28. The van der Waals surface area contributed by atoms with Crippen LogP contribution in [0.4, 0.5) is 5.69 Å². The number of rotatable bonds is 5. The van der Waals surface area contributed by atoms with Crippen LogP contribution in [0, 0.1) is 0 Å². The number of carbonyl (C=O) groups is 1. The molecule has 1 aliphatic rings. The number of ether oxygens (including phenoxy) is 4. The molecule has 1 N–H and O–H groups in total. The van der Waals surface area contributed by atoms with Gasteiger partial charge in [0, 0.05) is 30.3 Å². The number of hydrogen-bond acceptors (Lipinski definition) is 5. The lowest BCUT2D eigenvalue weighted by molar-refractivity contribution is -0.115. The van der Waals surface area contributed by atoms with Crippen molar-refractivity contribution in [2.75, 3.05) is 32.8 Å². The molecule has 6 nitrogen and oxygen atoms in total. The first-order valence-corrected chi connectivity index (χ1v) is 8.58. The Labute approximate surface area is 157 Å². The number of benzene rings is 2. The van der Waals surface area contributed by atoms with E-state index in [1.54, 1.807) is 44.6 Å². The molecule has 0 unspecified atom stereocenters. The fraction of sp³-hybridized carbons (Fsp3) is 0.316. The van der Waals surface area contributed by atoms with E-state index in [0.717, 1.165) is 12.0 Å². The maximum Gasteiger partial charge on any atom is 0.228 e. The normalized spacial score (nSPS) is 12.9. The van der Waals surface area contributed by atoms with Gasteiger partial charge < -0.3 is 24.3 Å². The van der Waals surface area contributed by atoms with Crippen LogP contribution in [0.2, 0.25) is 5.02 Å². The van der Waals surface area contributed by atoms with Gasteiger partial charge in [-0.05, 0) is 17.7 Å². The molecule has 0 radical (unpaired) electrons. The third-order valence-corrected chi connectivity index (χ3v) is 4.14. The first-order chi connectivity index (χ1) is 12.6. The molecule has 0 aromatic heterocycles. The van der Waals surface area contributed by atoms with Crippen molar-refractivity contribution in [3.63, 3.8) is 0 Å². The average Bonchev–Trinajstić information content (AvgIpc) is 2.87. The molecule has 2 aromatic carbocycles. The lowest BCUT2D eigenvalue weighted by atomic mass is 10.1. The molecule has 1 heterocycles. The van der Waals surface area contributed by atoms with Crippen LogP contribution in [0.25, 0.3) is 0 Å². The van der Waals surface area contributed by atoms with Crippen LogP contribution in [0.1, 0.15) is 12.0 Å². The predicted octanol–water partition coefficient (Wildman–Crippen LogP) is 3.70. The molecule has 0 spiro atoms. The molecule has 1 amide bonds. The summed E-state index contributed by atoms with van der Waals surface area (Å²) in [7, 11) is 3.11. The van der Waals surface area contributed by atoms with E-state index in [0.29, 0.717) is 46.9 Å². The summed E-state index contributed by atoms with van der Waals surface area (Å²) in [5.74, 6) is 2.11. The smallest absolute Gasteiger partial charge is 0.228 e. The Morgan fingerprint density at radius 3 is 2.46 bits per heavy atom. The van der Waals surface area contributed by atoms with Crippen LogP contribution in [0.3, 0.4) is 0 Å². The fourth-order valence-electron chi connectivity index (χ4n) is 2.66. The molecule has 0 bridgehead atoms. The third-order valence-electron chi connectivity index (χ3n) is 3.86. The van der Waals surface area contributed by atoms with Gasteiger partial charge in [-0.25, -0.2) is 0 Å². The Morgan fingerprint density at radius 1 is 1.08 bits per heavy atom. The average molecular weight is 378 g/mol. The van der Waals surface area contributed by atoms with Gasteiger partial charge in [0.1, 0.15) is 11.5 Å². The van der Waals surface area contributed by atoms with Crippen molar-refractivity contribution in [2.24, 2.45) is 0 Å². The number of methoxy groups -OCH3 is 2. The molecular formula is C19H20ClNO5. The third kappa shape index (κ3) is 4.32. The van der Waals surface area contributed by atoms with E-state index in [2.05, 4.69) is 5.32 Å². The summed E-state index contributed by atoms with van der Waals surface area (Å²) in [4.78, 5) is 12.4. The van der Waals surface area contributed by atoms with Crippen LogP contribution in [0.5, 0.6) is 23.0 Å². The second-order valence-electron chi connectivity index (χ2n) is 5.78. The van der Waals surface area contributed by atoms with Crippen LogP contribution in [0.15, 0.2) is 30.3 Å². The van der Waals surface area contributed by atoms with Crippen molar-refractivity contribution in [3.8, 4) is 23.0 Å². The zero-order valence-corrected chi connectivity index (χ0v) is 15.4. The molecule has 3 rings (SSSR count). The van der Waals surface area contributed by atoms with E-state index in [4.69, 9.17) is 30.5 Å². The molecule has 0 saturated carbocycles. The molecule has 0 atom stereocenters. The number of carbonyl (C=O) groups excluding carboxylic acids is 1. The molecular weight excluding hydrogens is 358 g/mol. The number of amides is 1. The van der Waals surface area contributed by atoms with Crippen molar-refractivity contribution < 1.29 is 23.7 Å². The first-order valence-electron chi connectivity index (χ1n) is 8.20. The lowest BCUT2D eigenvalue weighted by Crippen LogP contribution is -2.14. The van der Waals surface area contributed by atoms with E-state index in [1.165, 1.54) is 0 Å². The van der Waals surface area contributed by atoms with Gasteiger partial charge in [0.15, 0.2) is 11.5 Å². The van der Waals surface area contributed by atoms with Gasteiger partial charge in [0.05, 0.1) is 38.9 Å². The van der Waals surface area contributed by atoms with Crippen molar-refractivity contribution in [2.45, 2.75) is 12.8 Å². The Morgan fingerprint density at radius 2 is 1.77 bits per heavy atom. The minimum atomic E-state index is -0.189. The van der Waals surface area contributed by atoms with Gasteiger partial charge in [-0.3, -0.25) is 4.79 Å². The topological polar surface area (TPSA) is 66.0 Å². The SMILES string of the molecule is COc1cc(NC(=O)Cc2cc(Cl)c3c(c2)OCCCO3)cc(OC)c1. The van der Waals surface area contributed by atoms with E-state index in [9.17, 15) is 4.79 Å². The Bertz CT molecular complexity index is 787. The monoisotopic (exact) mass is 377 g/mol. The fourth-order valence-corrected chi connectivity index (χ4v) is 2.94. The number of hydrogen-bond donors (Lipinski definition) is 1. The lowest BCUT2D eigenvalue weighted by Gasteiger charge is -2.12. The minimum absolute atomic E-state index is 0.149. The van der Waals surface area contributed by atoms with Gasteiger partial charge in [-0.15, -0.1) is 0 Å². The Hall–Kier alpha value is -2.60. The predicted molar refractivity (Wildman–Crippen MR) is 98.9 cm³/mol. The van der Waals surface area contributed by atoms with Gasteiger partial charge >= 0.3 is 0 Å². The largest absolute Gasteiger partial charge is 0.497 e. The molecule has 0 saturated heterocycles. The summed E-state index contributed by atoms with van der Waals surface area (Å²) in [6.07, 6.45) is 0.939. The number of nitrogens with one attached hydrogen (secondary N) is 1. The van der Waals surface area contributed by atoms with Gasteiger partial charge in [0.25, 0.3) is 0 Å². The molecule has 138 valence electrons. The minimum Gasteiger partial charge on any atom is -0.497 e. The van der Waals surface area contributed by atoms with Crippen LogP contribution in [-0.2, 0) is 11.2 Å². The number of anilines is 1. The van der Waals surface area contributed by atoms with Crippen LogP contribution in [-0.4, -0.2) is 33.3 Å². The maximum atomic E-state index is 12.4. The second-order valence-corrected chi connectivity index (χ2v) is 6.19. The van der Waals surface area contributed by atoms with Gasteiger partial charge in [0.2, 0.25) is 5.91 Å². The Kier molecular flexibility index (Phi) is 5.73. The first kappa shape index (κ1) is 18.2. The zero-order valence-electron chi connectivity index (χ0n) is 14.6. The quantitative estimate of drug-likeness (QED) is 0.860. The van der Waals surface area contributed by atoms with E-state index in [-0.39, 0.29) is 12.3 Å². The van der Waals surface area contributed by atoms with Crippen molar-refractivity contribution in [3.05, 3.63) is 40.9 Å². The second kappa shape index (κ2) is 8.19. The molecule has 1 aliphatic heterocycles. The van der Waals surface area contributed by atoms with Crippen molar-refractivity contribution >= 4 is 23.2 Å².